The normalized spacial score (nSPS) is 22.2. The van der Waals surface area contributed by atoms with Gasteiger partial charge in [-0.3, -0.25) is 10.3 Å². The summed E-state index contributed by atoms with van der Waals surface area (Å²) in [5.41, 5.74) is 7.39. The molecule has 0 spiro atoms. The van der Waals surface area contributed by atoms with Crippen LogP contribution in [0.2, 0.25) is 0 Å². The van der Waals surface area contributed by atoms with Crippen molar-refractivity contribution in [2.24, 2.45) is 5.92 Å². The molecule has 2 aliphatic heterocycles. The summed E-state index contributed by atoms with van der Waals surface area (Å²) in [6.45, 7) is 3.07. The number of thioether (sulfide) groups is 1. The molecule has 2 aromatic heterocycles. The zero-order valence-electron chi connectivity index (χ0n) is 16.0. The zero-order valence-corrected chi connectivity index (χ0v) is 17.6. The summed E-state index contributed by atoms with van der Waals surface area (Å²) in [6.07, 6.45) is 3.67. The second kappa shape index (κ2) is 6.80. The molecule has 9 heteroatoms. The number of aryl methyl sites for hydroxylation is 1. The van der Waals surface area contributed by atoms with Crippen LogP contribution in [0.1, 0.15) is 41.1 Å². The quantitative estimate of drug-likeness (QED) is 0.620. The van der Waals surface area contributed by atoms with Crippen LogP contribution in [-0.4, -0.2) is 21.4 Å². The molecule has 3 aliphatic rings. The SMILES string of the molecule is C[C@H]1CCc2sc3c(c2C1)C1NCNN1c1nnc(SCc2ccc(F)cc2)n1-3. The highest BCUT2D eigenvalue weighted by Gasteiger charge is 2.42. The number of fused-ring (bicyclic) bond motifs is 8. The Kier molecular flexibility index (Phi) is 4.19. The van der Waals surface area contributed by atoms with Gasteiger partial charge in [-0.25, -0.2) is 14.4 Å². The largest absolute Gasteiger partial charge is 0.278 e. The van der Waals surface area contributed by atoms with E-state index in [1.165, 1.54) is 39.6 Å². The van der Waals surface area contributed by atoms with Gasteiger partial charge in [-0.15, -0.1) is 21.5 Å². The molecule has 2 N–H and O–H groups in total. The van der Waals surface area contributed by atoms with Crippen molar-refractivity contribution in [1.29, 1.82) is 0 Å². The third-order valence-electron chi connectivity index (χ3n) is 5.92. The summed E-state index contributed by atoms with van der Waals surface area (Å²) in [6, 6.07) is 6.67. The van der Waals surface area contributed by atoms with E-state index < -0.39 is 0 Å². The molecule has 150 valence electrons. The summed E-state index contributed by atoms with van der Waals surface area (Å²) >= 11 is 3.54. The lowest BCUT2D eigenvalue weighted by Crippen LogP contribution is -2.39. The molecule has 0 amide bonds. The predicted molar refractivity (Wildman–Crippen MR) is 113 cm³/mol. The average Bonchev–Trinajstić information content (AvgIpc) is 3.43. The summed E-state index contributed by atoms with van der Waals surface area (Å²) in [5, 5.41) is 16.8. The average molecular weight is 429 g/mol. The topological polar surface area (TPSA) is 58.0 Å². The maximum atomic E-state index is 13.2. The van der Waals surface area contributed by atoms with Crippen LogP contribution in [0.4, 0.5) is 10.3 Å². The van der Waals surface area contributed by atoms with Crippen molar-refractivity contribution in [2.45, 2.75) is 43.3 Å². The fraction of sp³-hybridized carbons (Fsp3) is 0.400. The lowest BCUT2D eigenvalue weighted by Gasteiger charge is -2.31. The van der Waals surface area contributed by atoms with Gasteiger partial charge in [0.15, 0.2) is 5.16 Å². The molecule has 6 nitrogen and oxygen atoms in total. The molecule has 1 aliphatic carbocycles. The summed E-state index contributed by atoms with van der Waals surface area (Å²) in [4.78, 5) is 1.51. The van der Waals surface area contributed by atoms with Gasteiger partial charge in [-0.1, -0.05) is 30.8 Å². The Morgan fingerprint density at radius 1 is 1.28 bits per heavy atom. The first-order chi connectivity index (χ1) is 14.2. The van der Waals surface area contributed by atoms with Gasteiger partial charge in [0.05, 0.1) is 6.67 Å². The molecule has 3 aromatic rings. The van der Waals surface area contributed by atoms with Crippen LogP contribution < -0.4 is 15.8 Å². The molecule has 0 bridgehead atoms. The van der Waals surface area contributed by atoms with Crippen LogP contribution >= 0.6 is 23.1 Å². The number of nitrogens with zero attached hydrogens (tertiary/aromatic N) is 4. The number of anilines is 1. The molecule has 6 rings (SSSR count). The molecule has 4 heterocycles. The molecule has 0 saturated carbocycles. The molecule has 29 heavy (non-hydrogen) atoms. The number of rotatable bonds is 3. The van der Waals surface area contributed by atoms with E-state index in [-0.39, 0.29) is 12.0 Å². The van der Waals surface area contributed by atoms with Crippen molar-refractivity contribution >= 4 is 29.0 Å². The number of hydrogen-bond acceptors (Lipinski definition) is 7. The lowest BCUT2D eigenvalue weighted by molar-refractivity contribution is 0.495. The Morgan fingerprint density at radius 3 is 3.00 bits per heavy atom. The third-order valence-corrected chi connectivity index (χ3v) is 8.21. The fourth-order valence-electron chi connectivity index (χ4n) is 4.46. The first-order valence-corrected chi connectivity index (χ1v) is 11.7. The number of nitrogens with one attached hydrogen (secondary N) is 2. The molecule has 1 fully saturated rings. The number of benzene rings is 1. The molecule has 1 saturated heterocycles. The van der Waals surface area contributed by atoms with Gasteiger partial charge in [-0.2, -0.15) is 0 Å². The predicted octanol–water partition coefficient (Wildman–Crippen LogP) is 3.77. The van der Waals surface area contributed by atoms with E-state index in [1.807, 2.05) is 23.5 Å². The maximum Gasteiger partial charge on any atom is 0.249 e. The Hall–Kier alpha value is -1.94. The number of aromatic nitrogens is 3. The first-order valence-electron chi connectivity index (χ1n) is 9.92. The fourth-order valence-corrected chi connectivity index (χ4v) is 6.78. The van der Waals surface area contributed by atoms with E-state index in [0.717, 1.165) is 47.8 Å². The van der Waals surface area contributed by atoms with Gasteiger partial charge >= 0.3 is 0 Å². The van der Waals surface area contributed by atoms with Gasteiger partial charge in [0.25, 0.3) is 0 Å². The number of thiophene rings is 1. The highest BCUT2D eigenvalue weighted by atomic mass is 32.2. The molecule has 1 unspecified atom stereocenters. The Morgan fingerprint density at radius 2 is 2.14 bits per heavy atom. The number of hydrogen-bond donors (Lipinski definition) is 2. The van der Waals surface area contributed by atoms with Crippen molar-refractivity contribution in [3.8, 4) is 5.00 Å². The standard InChI is InChI=1S/C20H21FN6S2/c1-11-2-7-15-14(8-11)16-17-22-10-23-27(17)19-24-25-20(26(19)18(16)29-15)28-9-12-3-5-13(21)6-4-12/h3-6,11,17,22-23H,2,7-10H2,1H3/t11-,17?/m0/s1. The minimum absolute atomic E-state index is 0.113. The molecular weight excluding hydrogens is 407 g/mol. The van der Waals surface area contributed by atoms with Crippen LogP contribution in [0.15, 0.2) is 29.4 Å². The van der Waals surface area contributed by atoms with Crippen molar-refractivity contribution in [3.05, 3.63) is 51.7 Å². The van der Waals surface area contributed by atoms with Crippen LogP contribution in [0.5, 0.6) is 0 Å². The van der Waals surface area contributed by atoms with Gasteiger partial charge in [0.1, 0.15) is 17.0 Å². The van der Waals surface area contributed by atoms with Crippen LogP contribution in [0.25, 0.3) is 5.00 Å². The Labute approximate surface area is 176 Å². The minimum atomic E-state index is -0.208. The zero-order chi connectivity index (χ0) is 19.5. The van der Waals surface area contributed by atoms with Crippen molar-refractivity contribution < 1.29 is 4.39 Å². The highest BCUT2D eigenvalue weighted by molar-refractivity contribution is 7.98. The van der Waals surface area contributed by atoms with E-state index in [2.05, 4.69) is 37.4 Å². The highest BCUT2D eigenvalue weighted by Crippen LogP contribution is 2.48. The molecule has 1 aromatic carbocycles. The third kappa shape index (κ3) is 2.83. The monoisotopic (exact) mass is 428 g/mol. The second-order valence-electron chi connectivity index (χ2n) is 7.92. The van der Waals surface area contributed by atoms with Crippen LogP contribution in [0.3, 0.4) is 0 Å². The maximum absolute atomic E-state index is 13.2. The smallest absolute Gasteiger partial charge is 0.249 e. The first kappa shape index (κ1) is 17.9. The van der Waals surface area contributed by atoms with E-state index in [1.54, 1.807) is 11.8 Å². The van der Waals surface area contributed by atoms with Crippen molar-refractivity contribution in [1.82, 2.24) is 25.5 Å². The van der Waals surface area contributed by atoms with Crippen molar-refractivity contribution in [2.75, 3.05) is 11.7 Å². The van der Waals surface area contributed by atoms with E-state index in [4.69, 9.17) is 0 Å². The molecule has 2 atom stereocenters. The van der Waals surface area contributed by atoms with Gasteiger partial charge < -0.3 is 0 Å². The van der Waals surface area contributed by atoms with Crippen LogP contribution in [-0.2, 0) is 18.6 Å². The van der Waals surface area contributed by atoms with E-state index >= 15 is 0 Å². The number of hydrazine groups is 1. The summed E-state index contributed by atoms with van der Waals surface area (Å²) in [7, 11) is 0. The minimum Gasteiger partial charge on any atom is -0.278 e. The molecule has 0 radical (unpaired) electrons. The van der Waals surface area contributed by atoms with E-state index in [9.17, 15) is 4.39 Å². The summed E-state index contributed by atoms with van der Waals surface area (Å²) < 4.78 is 15.4. The Balaban J connectivity index is 1.41. The van der Waals surface area contributed by atoms with Gasteiger partial charge in [0.2, 0.25) is 5.95 Å². The lowest BCUT2D eigenvalue weighted by atomic mass is 9.87. The van der Waals surface area contributed by atoms with Gasteiger partial charge in [-0.05, 0) is 48.4 Å². The van der Waals surface area contributed by atoms with Gasteiger partial charge in [0, 0.05) is 16.2 Å². The number of halogens is 1. The second-order valence-corrected chi connectivity index (χ2v) is 9.94. The van der Waals surface area contributed by atoms with Crippen molar-refractivity contribution in [3.63, 3.8) is 0 Å². The van der Waals surface area contributed by atoms with E-state index in [0.29, 0.717) is 0 Å². The van der Waals surface area contributed by atoms with Crippen LogP contribution in [0, 0.1) is 11.7 Å². The summed E-state index contributed by atoms with van der Waals surface area (Å²) in [5.74, 6) is 2.07. The Bertz CT molecular complexity index is 1080. The molecular formula is C20H21FN6S2.